The molecule has 1 heterocycles. The van der Waals surface area contributed by atoms with Gasteiger partial charge in [0.1, 0.15) is 10.8 Å². The number of H-pyrrole nitrogens is 2. The third-order valence-electron chi connectivity index (χ3n) is 2.72. The molecule has 0 unspecified atom stereocenters. The number of hydrogen-bond acceptors (Lipinski definition) is 8. The van der Waals surface area contributed by atoms with Crippen molar-refractivity contribution in [2.45, 2.75) is 0 Å². The van der Waals surface area contributed by atoms with E-state index in [9.17, 15) is 24.6 Å². The van der Waals surface area contributed by atoms with Gasteiger partial charge in [0.25, 0.3) is 11.5 Å². The Bertz CT molecular complexity index is 954. The number of phenols is 2. The first-order valence-corrected chi connectivity index (χ1v) is 7.20. The summed E-state index contributed by atoms with van der Waals surface area (Å²) in [4.78, 5) is 35.7. The molecule has 0 saturated carbocycles. The van der Waals surface area contributed by atoms with E-state index < -0.39 is 28.7 Å². The van der Waals surface area contributed by atoms with Gasteiger partial charge in [0.05, 0.1) is 17.8 Å². The molecule has 11 nitrogen and oxygen atoms in total. The lowest BCUT2D eigenvalue weighted by atomic mass is 10.2. The Morgan fingerprint density at radius 1 is 1.32 bits per heavy atom. The number of amides is 1. The van der Waals surface area contributed by atoms with E-state index in [4.69, 9.17) is 23.2 Å². The minimum Gasteiger partial charge on any atom is -0.506 e. The van der Waals surface area contributed by atoms with Crippen molar-refractivity contribution >= 4 is 41.1 Å². The van der Waals surface area contributed by atoms with Crippen molar-refractivity contribution in [1.82, 2.24) is 20.6 Å². The van der Waals surface area contributed by atoms with Crippen LogP contribution in [0.2, 0.25) is 10.0 Å². The number of nitrogens with one attached hydrogen (secondary N) is 4. The van der Waals surface area contributed by atoms with Crippen LogP contribution in [0.3, 0.4) is 0 Å². The molecule has 0 aliphatic rings. The fourth-order valence-corrected chi connectivity index (χ4v) is 2.03. The summed E-state index contributed by atoms with van der Waals surface area (Å²) in [6.07, 6.45) is 1.05. The number of halogens is 2. The van der Waals surface area contributed by atoms with E-state index in [1.54, 1.807) is 0 Å². The highest BCUT2D eigenvalue weighted by Gasteiger charge is 2.13. The first kappa shape index (κ1) is 18.3. The molecule has 0 spiro atoms. The Morgan fingerprint density at radius 2 is 2.04 bits per heavy atom. The molecule has 0 fully saturated rings. The zero-order chi connectivity index (χ0) is 18.6. The van der Waals surface area contributed by atoms with Gasteiger partial charge in [-0.3, -0.25) is 14.6 Å². The SMILES string of the molecule is O=C(CNc1n[nH]c(=O)[nH]c1=O)N/N=C/c1cc(Cl)c(O)c(Cl)c1O. The molecular weight excluding hydrogens is 379 g/mol. The van der Waals surface area contributed by atoms with Crippen LogP contribution in [0.25, 0.3) is 0 Å². The van der Waals surface area contributed by atoms with Crippen LogP contribution in [0, 0.1) is 0 Å². The van der Waals surface area contributed by atoms with Crippen molar-refractivity contribution in [2.75, 3.05) is 11.9 Å². The van der Waals surface area contributed by atoms with E-state index in [0.29, 0.717) is 0 Å². The second-order valence-electron chi connectivity index (χ2n) is 4.46. The maximum atomic E-state index is 11.6. The third kappa shape index (κ3) is 4.49. The highest BCUT2D eigenvalue weighted by Crippen LogP contribution is 2.40. The summed E-state index contributed by atoms with van der Waals surface area (Å²) in [6, 6.07) is 1.19. The van der Waals surface area contributed by atoms with Crippen molar-refractivity contribution < 1.29 is 15.0 Å². The number of carbonyl (C=O) groups excluding carboxylic acids is 1. The predicted octanol–water partition coefficient (Wildman–Crippen LogP) is -0.262. The van der Waals surface area contributed by atoms with Gasteiger partial charge in [-0.05, 0) is 6.07 Å². The lowest BCUT2D eigenvalue weighted by Gasteiger charge is -2.06. The van der Waals surface area contributed by atoms with Gasteiger partial charge in [-0.25, -0.2) is 15.3 Å². The van der Waals surface area contributed by atoms with Gasteiger partial charge < -0.3 is 15.5 Å². The number of hydrazone groups is 1. The number of aromatic hydroxyl groups is 2. The fraction of sp³-hybridized carbons (Fsp3) is 0.0833. The number of nitrogens with zero attached hydrogens (tertiary/aromatic N) is 2. The molecule has 25 heavy (non-hydrogen) atoms. The number of hydrogen-bond donors (Lipinski definition) is 6. The molecule has 2 aromatic rings. The molecule has 1 amide bonds. The topological polar surface area (TPSA) is 173 Å². The maximum Gasteiger partial charge on any atom is 0.342 e. The van der Waals surface area contributed by atoms with E-state index in [0.717, 1.165) is 6.21 Å². The van der Waals surface area contributed by atoms with Crippen LogP contribution < -0.4 is 22.0 Å². The van der Waals surface area contributed by atoms with E-state index in [-0.39, 0.29) is 28.0 Å². The van der Waals surface area contributed by atoms with Gasteiger partial charge in [0.15, 0.2) is 5.75 Å². The molecule has 13 heteroatoms. The van der Waals surface area contributed by atoms with Crippen LogP contribution in [0.4, 0.5) is 5.82 Å². The average Bonchev–Trinajstić information content (AvgIpc) is 2.56. The average molecular weight is 389 g/mol. The molecule has 2 rings (SSSR count). The molecule has 0 aliphatic carbocycles. The van der Waals surface area contributed by atoms with Crippen molar-refractivity contribution in [2.24, 2.45) is 5.10 Å². The Labute approximate surface area is 148 Å². The van der Waals surface area contributed by atoms with Crippen molar-refractivity contribution in [3.8, 4) is 11.5 Å². The summed E-state index contributed by atoms with van der Waals surface area (Å²) in [5, 5.41) is 30.1. The number of rotatable bonds is 5. The summed E-state index contributed by atoms with van der Waals surface area (Å²) in [6.45, 7) is -0.372. The van der Waals surface area contributed by atoms with E-state index >= 15 is 0 Å². The quantitative estimate of drug-likeness (QED) is 0.302. The van der Waals surface area contributed by atoms with Crippen LogP contribution in [0.5, 0.6) is 11.5 Å². The highest BCUT2D eigenvalue weighted by atomic mass is 35.5. The number of carbonyl (C=O) groups is 1. The minimum atomic E-state index is -0.793. The lowest BCUT2D eigenvalue weighted by Crippen LogP contribution is -2.31. The smallest absolute Gasteiger partial charge is 0.342 e. The zero-order valence-corrected chi connectivity index (χ0v) is 13.6. The summed E-state index contributed by atoms with van der Waals surface area (Å²) < 4.78 is 0. The second-order valence-corrected chi connectivity index (χ2v) is 5.25. The number of aromatic nitrogens is 3. The normalized spacial score (nSPS) is 10.8. The second kappa shape index (κ2) is 7.68. The largest absolute Gasteiger partial charge is 0.506 e. The summed E-state index contributed by atoms with van der Waals surface area (Å²) in [5.74, 6) is -1.86. The number of phenolic OH excluding ortho intramolecular Hbond substituents is 2. The third-order valence-corrected chi connectivity index (χ3v) is 3.36. The lowest BCUT2D eigenvalue weighted by molar-refractivity contribution is -0.119. The fourth-order valence-electron chi connectivity index (χ4n) is 1.56. The molecular formula is C12H10Cl2N6O5. The predicted molar refractivity (Wildman–Crippen MR) is 89.5 cm³/mol. The van der Waals surface area contributed by atoms with E-state index in [2.05, 4.69) is 20.9 Å². The first-order chi connectivity index (χ1) is 11.8. The molecule has 0 radical (unpaired) electrons. The van der Waals surface area contributed by atoms with E-state index in [1.165, 1.54) is 6.07 Å². The van der Waals surface area contributed by atoms with E-state index in [1.807, 2.05) is 10.1 Å². The van der Waals surface area contributed by atoms with Gasteiger partial charge in [-0.15, -0.1) is 5.10 Å². The Kier molecular flexibility index (Phi) is 5.62. The van der Waals surface area contributed by atoms with Crippen LogP contribution in [-0.2, 0) is 4.79 Å². The van der Waals surface area contributed by atoms with Crippen molar-refractivity contribution in [1.29, 1.82) is 0 Å². The molecule has 0 atom stereocenters. The molecule has 0 aliphatic heterocycles. The molecule has 132 valence electrons. The molecule has 0 bridgehead atoms. The standard InChI is InChI=1S/C12H10Cl2N6O5/c13-5-1-4(8(22)7(14)9(5)23)2-16-18-6(21)3-15-10-11(24)17-12(25)20-19-10/h1-2,22-23H,3H2,(H,15,19)(H,18,21)(H2,17,20,24,25)/b16-2+. The minimum absolute atomic E-state index is 0.0554. The molecule has 1 aromatic carbocycles. The first-order valence-electron chi connectivity index (χ1n) is 6.44. The van der Waals surface area contributed by atoms with Crippen molar-refractivity contribution in [3.05, 3.63) is 42.5 Å². The summed E-state index contributed by atoms with van der Waals surface area (Å²) >= 11 is 11.4. The van der Waals surface area contributed by atoms with Gasteiger partial charge in [0, 0.05) is 5.56 Å². The Hall–Kier alpha value is -3.05. The Balaban J connectivity index is 1.97. The number of benzene rings is 1. The number of anilines is 1. The van der Waals surface area contributed by atoms with Crippen molar-refractivity contribution in [3.63, 3.8) is 0 Å². The summed E-state index contributed by atoms with van der Waals surface area (Å²) in [5.41, 5.74) is 0.590. The molecule has 1 aromatic heterocycles. The van der Waals surface area contributed by atoms with Crippen LogP contribution in [0.15, 0.2) is 20.8 Å². The zero-order valence-electron chi connectivity index (χ0n) is 12.1. The maximum absolute atomic E-state index is 11.6. The highest BCUT2D eigenvalue weighted by molar-refractivity contribution is 6.38. The van der Waals surface area contributed by atoms with Gasteiger partial charge in [-0.2, -0.15) is 5.10 Å². The van der Waals surface area contributed by atoms with Crippen LogP contribution in [0.1, 0.15) is 5.56 Å². The molecule has 0 saturated heterocycles. The molecule has 6 N–H and O–H groups in total. The van der Waals surface area contributed by atoms with Gasteiger partial charge in [0.2, 0.25) is 5.82 Å². The van der Waals surface area contributed by atoms with Gasteiger partial charge in [-0.1, -0.05) is 23.2 Å². The van der Waals surface area contributed by atoms with Crippen LogP contribution >= 0.6 is 23.2 Å². The number of aromatic amines is 2. The van der Waals surface area contributed by atoms with Crippen LogP contribution in [-0.4, -0.2) is 44.1 Å². The summed E-state index contributed by atoms with van der Waals surface area (Å²) in [7, 11) is 0. The Morgan fingerprint density at radius 3 is 2.72 bits per heavy atom. The van der Waals surface area contributed by atoms with Gasteiger partial charge >= 0.3 is 5.69 Å². The monoisotopic (exact) mass is 388 g/mol.